The maximum absolute atomic E-state index is 4.20. The fourth-order valence-electron chi connectivity index (χ4n) is 1.14. The molecule has 0 saturated heterocycles. The Labute approximate surface area is 75.8 Å². The van der Waals surface area contributed by atoms with Crippen LogP contribution in [-0.2, 0) is 0 Å². The normalized spacial score (nSPS) is 13.5. The van der Waals surface area contributed by atoms with Crippen molar-refractivity contribution in [3.63, 3.8) is 0 Å². The lowest BCUT2D eigenvalue weighted by atomic mass is 10.2. The molecule has 1 rings (SSSR count). The molecule has 0 aliphatic heterocycles. The molecular formula is C8H13BrN2. The van der Waals surface area contributed by atoms with E-state index in [1.807, 2.05) is 13.1 Å². The lowest BCUT2D eigenvalue weighted by Crippen LogP contribution is -2.05. The third-order valence-corrected chi connectivity index (χ3v) is 2.56. The summed E-state index contributed by atoms with van der Waals surface area (Å²) in [6.07, 6.45) is 2.98. The Balaban J connectivity index is 3.00. The van der Waals surface area contributed by atoms with Gasteiger partial charge in [-0.15, -0.1) is 0 Å². The van der Waals surface area contributed by atoms with Crippen molar-refractivity contribution < 1.29 is 0 Å². The Bertz CT molecular complexity index is 223. The minimum atomic E-state index is 0.534. The van der Waals surface area contributed by atoms with Gasteiger partial charge in [-0.2, -0.15) is 0 Å². The van der Waals surface area contributed by atoms with Crippen LogP contribution >= 0.6 is 15.9 Å². The van der Waals surface area contributed by atoms with Crippen LogP contribution in [0.25, 0.3) is 0 Å². The monoisotopic (exact) mass is 216 g/mol. The van der Waals surface area contributed by atoms with Gasteiger partial charge in [0.25, 0.3) is 0 Å². The van der Waals surface area contributed by atoms with Gasteiger partial charge in [0, 0.05) is 6.04 Å². The Morgan fingerprint density at radius 2 is 2.36 bits per heavy atom. The first-order valence-corrected chi connectivity index (χ1v) is 4.65. The summed E-state index contributed by atoms with van der Waals surface area (Å²) in [6.45, 7) is 6.40. The third-order valence-electron chi connectivity index (χ3n) is 1.97. The molecule has 0 amide bonds. The fourth-order valence-corrected chi connectivity index (χ4v) is 1.85. The van der Waals surface area contributed by atoms with Gasteiger partial charge in [0.2, 0.25) is 0 Å². The first kappa shape index (κ1) is 8.78. The summed E-state index contributed by atoms with van der Waals surface area (Å²) in [6, 6.07) is 0.534. The van der Waals surface area contributed by atoms with Crippen molar-refractivity contribution in [3.8, 4) is 0 Å². The van der Waals surface area contributed by atoms with E-state index in [1.165, 1.54) is 0 Å². The van der Waals surface area contributed by atoms with E-state index in [0.717, 1.165) is 16.8 Å². The highest BCUT2D eigenvalue weighted by atomic mass is 79.9. The average Bonchev–Trinajstić information content (AvgIpc) is 2.30. The van der Waals surface area contributed by atoms with Crippen molar-refractivity contribution in [2.75, 3.05) is 0 Å². The lowest BCUT2D eigenvalue weighted by Gasteiger charge is -2.13. The van der Waals surface area contributed by atoms with Gasteiger partial charge in [-0.05, 0) is 36.2 Å². The second-order valence-electron chi connectivity index (χ2n) is 2.76. The van der Waals surface area contributed by atoms with Crippen molar-refractivity contribution in [1.29, 1.82) is 0 Å². The molecule has 0 aliphatic carbocycles. The topological polar surface area (TPSA) is 17.8 Å². The Morgan fingerprint density at radius 3 is 2.73 bits per heavy atom. The minimum absolute atomic E-state index is 0.534. The smallest absolute Gasteiger partial charge is 0.106 e. The first-order valence-electron chi connectivity index (χ1n) is 3.86. The summed E-state index contributed by atoms with van der Waals surface area (Å²) >= 11 is 3.46. The number of halogens is 1. The number of hydrogen-bond acceptors (Lipinski definition) is 1. The van der Waals surface area contributed by atoms with Crippen molar-refractivity contribution in [2.24, 2.45) is 0 Å². The predicted molar refractivity (Wildman–Crippen MR) is 49.7 cm³/mol. The van der Waals surface area contributed by atoms with E-state index in [1.54, 1.807) is 0 Å². The van der Waals surface area contributed by atoms with Gasteiger partial charge >= 0.3 is 0 Å². The number of rotatable bonds is 2. The Kier molecular flexibility index (Phi) is 2.71. The summed E-state index contributed by atoms with van der Waals surface area (Å²) < 4.78 is 3.27. The van der Waals surface area contributed by atoms with E-state index < -0.39 is 0 Å². The summed E-state index contributed by atoms with van der Waals surface area (Å²) in [7, 11) is 0. The van der Waals surface area contributed by atoms with Gasteiger partial charge in [0.1, 0.15) is 10.4 Å². The molecule has 3 heteroatoms. The van der Waals surface area contributed by atoms with Crippen LogP contribution in [0.2, 0.25) is 0 Å². The van der Waals surface area contributed by atoms with Crippen molar-refractivity contribution in [1.82, 2.24) is 9.55 Å². The standard InChI is InChI=1S/C8H13BrN2/c1-4-6(2)11-7(3)10-5-8(11)9/h5-6H,4H2,1-3H3. The van der Waals surface area contributed by atoms with Crippen LogP contribution in [0.5, 0.6) is 0 Å². The summed E-state index contributed by atoms with van der Waals surface area (Å²) in [5, 5.41) is 0. The highest BCUT2D eigenvalue weighted by Gasteiger charge is 2.08. The molecule has 62 valence electrons. The molecular weight excluding hydrogens is 204 g/mol. The number of nitrogens with zero attached hydrogens (tertiary/aromatic N) is 2. The molecule has 1 heterocycles. The second-order valence-corrected chi connectivity index (χ2v) is 3.57. The fraction of sp³-hybridized carbons (Fsp3) is 0.625. The van der Waals surface area contributed by atoms with Gasteiger partial charge in [0.15, 0.2) is 0 Å². The maximum atomic E-state index is 4.20. The van der Waals surface area contributed by atoms with Gasteiger partial charge in [0.05, 0.1) is 6.20 Å². The molecule has 1 aromatic rings. The first-order chi connectivity index (χ1) is 5.16. The zero-order valence-electron chi connectivity index (χ0n) is 7.13. The van der Waals surface area contributed by atoms with Crippen molar-refractivity contribution in [3.05, 3.63) is 16.6 Å². The Hall–Kier alpha value is -0.310. The SMILES string of the molecule is CCC(C)n1c(Br)cnc1C. The molecule has 0 aromatic carbocycles. The molecule has 11 heavy (non-hydrogen) atoms. The zero-order chi connectivity index (χ0) is 8.43. The molecule has 0 aliphatic rings. The highest BCUT2D eigenvalue weighted by molar-refractivity contribution is 9.10. The van der Waals surface area contributed by atoms with Crippen LogP contribution in [0.4, 0.5) is 0 Å². The van der Waals surface area contributed by atoms with Gasteiger partial charge in [-0.25, -0.2) is 4.98 Å². The molecule has 0 fully saturated rings. The van der Waals surface area contributed by atoms with Crippen LogP contribution in [0, 0.1) is 6.92 Å². The quantitative estimate of drug-likeness (QED) is 0.744. The van der Waals surface area contributed by atoms with Crippen molar-refractivity contribution in [2.45, 2.75) is 33.2 Å². The minimum Gasteiger partial charge on any atom is -0.320 e. The average molecular weight is 217 g/mol. The van der Waals surface area contributed by atoms with E-state index in [-0.39, 0.29) is 0 Å². The van der Waals surface area contributed by atoms with Crippen LogP contribution in [-0.4, -0.2) is 9.55 Å². The van der Waals surface area contributed by atoms with Gasteiger partial charge < -0.3 is 4.57 Å². The van der Waals surface area contributed by atoms with Crippen molar-refractivity contribution >= 4 is 15.9 Å². The molecule has 0 saturated carbocycles. The molecule has 0 bridgehead atoms. The largest absolute Gasteiger partial charge is 0.320 e. The van der Waals surface area contributed by atoms with E-state index in [2.05, 4.69) is 39.3 Å². The molecule has 1 aromatic heterocycles. The van der Waals surface area contributed by atoms with Crippen LogP contribution in [0.3, 0.4) is 0 Å². The highest BCUT2D eigenvalue weighted by Crippen LogP contribution is 2.20. The second kappa shape index (κ2) is 3.39. The zero-order valence-corrected chi connectivity index (χ0v) is 8.72. The number of hydrogen-bond donors (Lipinski definition) is 0. The molecule has 0 N–H and O–H groups in total. The van der Waals surface area contributed by atoms with Gasteiger partial charge in [-0.3, -0.25) is 0 Å². The van der Waals surface area contributed by atoms with E-state index in [4.69, 9.17) is 0 Å². The van der Waals surface area contributed by atoms with Crippen LogP contribution < -0.4 is 0 Å². The Morgan fingerprint density at radius 1 is 1.73 bits per heavy atom. The number of aryl methyl sites for hydroxylation is 1. The third kappa shape index (κ3) is 1.64. The summed E-state index contributed by atoms with van der Waals surface area (Å²) in [5.74, 6) is 1.08. The van der Waals surface area contributed by atoms with Crippen LogP contribution in [0.15, 0.2) is 10.8 Å². The molecule has 0 spiro atoms. The molecule has 2 nitrogen and oxygen atoms in total. The van der Waals surface area contributed by atoms with Gasteiger partial charge in [-0.1, -0.05) is 6.92 Å². The number of aromatic nitrogens is 2. The van der Waals surface area contributed by atoms with E-state index in [9.17, 15) is 0 Å². The lowest BCUT2D eigenvalue weighted by molar-refractivity contribution is 0.510. The summed E-state index contributed by atoms with van der Waals surface area (Å²) in [4.78, 5) is 4.20. The molecule has 0 radical (unpaired) electrons. The number of imidazole rings is 1. The van der Waals surface area contributed by atoms with E-state index >= 15 is 0 Å². The van der Waals surface area contributed by atoms with Crippen LogP contribution in [0.1, 0.15) is 32.1 Å². The summed E-state index contributed by atoms with van der Waals surface area (Å²) in [5.41, 5.74) is 0. The molecule has 1 unspecified atom stereocenters. The van der Waals surface area contributed by atoms with E-state index in [0.29, 0.717) is 6.04 Å². The predicted octanol–water partition coefficient (Wildman–Crippen LogP) is 2.93. The maximum Gasteiger partial charge on any atom is 0.106 e. The molecule has 1 atom stereocenters.